The van der Waals surface area contributed by atoms with Crippen LogP contribution in [0, 0.1) is 6.92 Å². The van der Waals surface area contributed by atoms with Gasteiger partial charge in [0, 0.05) is 12.2 Å². The van der Waals surface area contributed by atoms with Crippen LogP contribution in [-0.2, 0) is 11.3 Å². The number of hydrogen-bond acceptors (Lipinski definition) is 4. The SMILES string of the molecule is Cc1cccc(OC(C)C(=O)NCc2ccc(NC(=O)c3ccco3)cc2)c1. The van der Waals surface area contributed by atoms with E-state index >= 15 is 0 Å². The Bertz CT molecular complexity index is 933. The molecular formula is C22H22N2O4. The predicted octanol–water partition coefficient (Wildman–Crippen LogP) is 3.92. The molecule has 2 N–H and O–H groups in total. The third kappa shape index (κ3) is 5.23. The summed E-state index contributed by atoms with van der Waals surface area (Å²) in [5.74, 6) is 0.406. The van der Waals surface area contributed by atoms with Crippen LogP contribution in [0.15, 0.2) is 71.3 Å². The van der Waals surface area contributed by atoms with Crippen LogP contribution in [-0.4, -0.2) is 17.9 Å². The number of furan rings is 1. The van der Waals surface area contributed by atoms with E-state index in [9.17, 15) is 9.59 Å². The molecule has 6 heteroatoms. The van der Waals surface area contributed by atoms with Gasteiger partial charge >= 0.3 is 0 Å². The fourth-order valence-electron chi connectivity index (χ4n) is 2.59. The molecule has 28 heavy (non-hydrogen) atoms. The number of benzene rings is 2. The fraction of sp³-hybridized carbons (Fsp3) is 0.182. The molecule has 0 aliphatic rings. The smallest absolute Gasteiger partial charge is 0.291 e. The lowest BCUT2D eigenvalue weighted by atomic mass is 10.2. The molecule has 2 aromatic carbocycles. The third-order valence-electron chi connectivity index (χ3n) is 4.10. The number of ether oxygens (including phenoxy) is 1. The zero-order chi connectivity index (χ0) is 19.9. The van der Waals surface area contributed by atoms with Gasteiger partial charge in [0.1, 0.15) is 5.75 Å². The van der Waals surface area contributed by atoms with Gasteiger partial charge in [0.2, 0.25) is 0 Å². The molecule has 1 aromatic heterocycles. The van der Waals surface area contributed by atoms with Crippen LogP contribution in [0.2, 0.25) is 0 Å². The number of nitrogens with one attached hydrogen (secondary N) is 2. The molecule has 0 bridgehead atoms. The van der Waals surface area contributed by atoms with E-state index in [1.54, 1.807) is 31.2 Å². The molecule has 1 unspecified atom stereocenters. The molecule has 1 atom stereocenters. The molecule has 0 fully saturated rings. The van der Waals surface area contributed by atoms with Crippen LogP contribution in [0.25, 0.3) is 0 Å². The lowest BCUT2D eigenvalue weighted by Crippen LogP contribution is -2.35. The van der Waals surface area contributed by atoms with Gasteiger partial charge in [-0.3, -0.25) is 9.59 Å². The second-order valence-electron chi connectivity index (χ2n) is 6.42. The van der Waals surface area contributed by atoms with E-state index < -0.39 is 6.10 Å². The van der Waals surface area contributed by atoms with Crippen LogP contribution < -0.4 is 15.4 Å². The summed E-state index contributed by atoms with van der Waals surface area (Å²) in [5.41, 5.74) is 2.63. The first-order valence-corrected chi connectivity index (χ1v) is 8.96. The van der Waals surface area contributed by atoms with Crippen LogP contribution in [0.3, 0.4) is 0 Å². The van der Waals surface area contributed by atoms with Gasteiger partial charge in [0.25, 0.3) is 11.8 Å². The van der Waals surface area contributed by atoms with Crippen molar-refractivity contribution in [3.8, 4) is 5.75 Å². The monoisotopic (exact) mass is 378 g/mol. The van der Waals surface area contributed by atoms with Gasteiger partial charge in [-0.2, -0.15) is 0 Å². The van der Waals surface area contributed by atoms with Crippen LogP contribution >= 0.6 is 0 Å². The van der Waals surface area contributed by atoms with Crippen molar-refractivity contribution in [1.29, 1.82) is 0 Å². The highest BCUT2D eigenvalue weighted by Crippen LogP contribution is 2.15. The average Bonchev–Trinajstić information content (AvgIpc) is 3.22. The summed E-state index contributed by atoms with van der Waals surface area (Å²) < 4.78 is 10.7. The fourth-order valence-corrected chi connectivity index (χ4v) is 2.59. The van der Waals surface area contributed by atoms with Gasteiger partial charge in [-0.1, -0.05) is 24.3 Å². The topological polar surface area (TPSA) is 80.6 Å². The van der Waals surface area contributed by atoms with E-state index in [-0.39, 0.29) is 17.6 Å². The van der Waals surface area contributed by atoms with Crippen LogP contribution in [0.5, 0.6) is 5.75 Å². The summed E-state index contributed by atoms with van der Waals surface area (Å²) in [7, 11) is 0. The molecule has 0 radical (unpaired) electrons. The molecule has 3 rings (SSSR count). The minimum Gasteiger partial charge on any atom is -0.481 e. The number of amides is 2. The molecular weight excluding hydrogens is 356 g/mol. The van der Waals surface area contributed by atoms with Crippen LogP contribution in [0.4, 0.5) is 5.69 Å². The highest BCUT2D eigenvalue weighted by molar-refractivity contribution is 6.02. The molecule has 0 saturated heterocycles. The molecule has 0 spiro atoms. The van der Waals surface area contributed by atoms with E-state index in [0.29, 0.717) is 18.0 Å². The maximum absolute atomic E-state index is 12.2. The van der Waals surface area contributed by atoms with Crippen molar-refractivity contribution in [2.75, 3.05) is 5.32 Å². The van der Waals surface area contributed by atoms with E-state index in [2.05, 4.69) is 10.6 Å². The largest absolute Gasteiger partial charge is 0.481 e. The Morgan fingerprint density at radius 2 is 1.86 bits per heavy atom. The molecule has 6 nitrogen and oxygen atoms in total. The van der Waals surface area contributed by atoms with E-state index in [1.807, 2.05) is 43.3 Å². The lowest BCUT2D eigenvalue weighted by Gasteiger charge is -2.15. The maximum atomic E-state index is 12.2. The first-order chi connectivity index (χ1) is 13.5. The molecule has 1 heterocycles. The first-order valence-electron chi connectivity index (χ1n) is 8.96. The van der Waals surface area contributed by atoms with Gasteiger partial charge in [-0.15, -0.1) is 0 Å². The first kappa shape index (κ1) is 19.2. The van der Waals surface area contributed by atoms with Crippen LogP contribution in [0.1, 0.15) is 28.6 Å². The normalized spacial score (nSPS) is 11.5. The van der Waals surface area contributed by atoms with Crippen molar-refractivity contribution in [3.63, 3.8) is 0 Å². The number of carbonyl (C=O) groups excluding carboxylic acids is 2. The molecule has 3 aromatic rings. The summed E-state index contributed by atoms with van der Waals surface area (Å²) in [5, 5.41) is 5.60. The minimum absolute atomic E-state index is 0.197. The molecule has 0 aliphatic heterocycles. The van der Waals surface area contributed by atoms with Gasteiger partial charge in [0.15, 0.2) is 11.9 Å². The molecule has 144 valence electrons. The second kappa shape index (κ2) is 8.90. The standard InChI is InChI=1S/C22H22N2O4/c1-15-5-3-6-19(13-15)28-16(2)21(25)23-14-17-8-10-18(11-9-17)24-22(26)20-7-4-12-27-20/h3-13,16H,14H2,1-2H3,(H,23,25)(H,24,26). The molecule has 0 saturated carbocycles. The highest BCUT2D eigenvalue weighted by Gasteiger charge is 2.14. The zero-order valence-electron chi connectivity index (χ0n) is 15.8. The number of aryl methyl sites for hydroxylation is 1. The van der Waals surface area contributed by atoms with Crippen molar-refractivity contribution < 1.29 is 18.7 Å². The molecule has 0 aliphatic carbocycles. The van der Waals surface area contributed by atoms with Gasteiger partial charge < -0.3 is 19.8 Å². The number of anilines is 1. The average molecular weight is 378 g/mol. The predicted molar refractivity (Wildman–Crippen MR) is 106 cm³/mol. The summed E-state index contributed by atoms with van der Waals surface area (Å²) in [6, 6.07) is 18.0. The van der Waals surface area contributed by atoms with Crippen molar-refractivity contribution >= 4 is 17.5 Å². The van der Waals surface area contributed by atoms with E-state index in [0.717, 1.165) is 11.1 Å². The van der Waals surface area contributed by atoms with E-state index in [1.165, 1.54) is 6.26 Å². The van der Waals surface area contributed by atoms with E-state index in [4.69, 9.17) is 9.15 Å². The zero-order valence-corrected chi connectivity index (χ0v) is 15.8. The van der Waals surface area contributed by atoms with Crippen molar-refractivity contribution in [2.24, 2.45) is 0 Å². The highest BCUT2D eigenvalue weighted by atomic mass is 16.5. The number of rotatable bonds is 7. The number of carbonyl (C=O) groups is 2. The maximum Gasteiger partial charge on any atom is 0.291 e. The van der Waals surface area contributed by atoms with Crippen molar-refractivity contribution in [1.82, 2.24) is 5.32 Å². The summed E-state index contributed by atoms with van der Waals surface area (Å²) in [4.78, 5) is 24.2. The summed E-state index contributed by atoms with van der Waals surface area (Å²) in [6.07, 6.45) is 0.846. The Balaban J connectivity index is 1.48. The Morgan fingerprint density at radius 3 is 2.54 bits per heavy atom. The van der Waals surface area contributed by atoms with Gasteiger partial charge in [-0.25, -0.2) is 0 Å². The second-order valence-corrected chi connectivity index (χ2v) is 6.42. The van der Waals surface area contributed by atoms with Gasteiger partial charge in [-0.05, 0) is 61.4 Å². The Hall–Kier alpha value is -3.54. The molecule has 2 amide bonds. The van der Waals surface area contributed by atoms with Crippen molar-refractivity contribution in [3.05, 3.63) is 83.8 Å². The van der Waals surface area contributed by atoms with Gasteiger partial charge in [0.05, 0.1) is 6.26 Å². The Kier molecular flexibility index (Phi) is 6.11. The Morgan fingerprint density at radius 1 is 1.07 bits per heavy atom. The van der Waals surface area contributed by atoms with Crippen molar-refractivity contribution in [2.45, 2.75) is 26.5 Å². The Labute approximate surface area is 163 Å². The third-order valence-corrected chi connectivity index (χ3v) is 4.10. The number of hydrogen-bond donors (Lipinski definition) is 2. The summed E-state index contributed by atoms with van der Waals surface area (Å²) >= 11 is 0. The summed E-state index contributed by atoms with van der Waals surface area (Å²) in [6.45, 7) is 4.05. The lowest BCUT2D eigenvalue weighted by molar-refractivity contribution is -0.127. The quantitative estimate of drug-likeness (QED) is 0.653. The minimum atomic E-state index is -0.603.